The summed E-state index contributed by atoms with van der Waals surface area (Å²) in [6.07, 6.45) is 0. The highest BCUT2D eigenvalue weighted by Crippen LogP contribution is 2.32. The van der Waals surface area contributed by atoms with E-state index < -0.39 is 29.8 Å². The molecule has 29 heavy (non-hydrogen) atoms. The van der Waals surface area contributed by atoms with Crippen molar-refractivity contribution in [3.63, 3.8) is 0 Å². The molecule has 4 rings (SSSR count). The first-order valence-corrected chi connectivity index (χ1v) is 9.89. The summed E-state index contributed by atoms with van der Waals surface area (Å²) in [6.45, 7) is 1.66. The largest absolute Gasteiger partial charge is 0.323 e. The zero-order chi connectivity index (χ0) is 20.7. The van der Waals surface area contributed by atoms with E-state index in [1.807, 2.05) is 13.0 Å². The standard InChI is InChI=1S/C19H15BrClN5O3/c1-10-2-7-14(13(21)8-10)22-15(27)9-25-17-16(23-24-25)18(28)26(19(17)29)12-5-3-11(20)4-6-12/h2-8,16-17H,9H2,1H3,(H,22,27). The molecule has 8 nitrogen and oxygen atoms in total. The zero-order valence-electron chi connectivity index (χ0n) is 15.2. The maximum atomic E-state index is 12.9. The Balaban J connectivity index is 1.49. The normalized spacial score (nSPS) is 20.4. The molecule has 2 aromatic rings. The van der Waals surface area contributed by atoms with Crippen molar-refractivity contribution < 1.29 is 14.4 Å². The van der Waals surface area contributed by atoms with E-state index in [1.54, 1.807) is 36.4 Å². The van der Waals surface area contributed by atoms with Crippen molar-refractivity contribution in [1.82, 2.24) is 5.01 Å². The molecular weight excluding hydrogens is 462 g/mol. The van der Waals surface area contributed by atoms with Crippen molar-refractivity contribution in [2.24, 2.45) is 10.3 Å². The Bertz CT molecular complexity index is 1040. The van der Waals surface area contributed by atoms with E-state index in [0.29, 0.717) is 16.4 Å². The third-order valence-corrected chi connectivity index (χ3v) is 5.49. The summed E-state index contributed by atoms with van der Waals surface area (Å²) < 4.78 is 0.827. The second-order valence-corrected chi connectivity index (χ2v) is 8.03. The highest BCUT2D eigenvalue weighted by atomic mass is 79.9. The summed E-state index contributed by atoms with van der Waals surface area (Å²) in [5.74, 6) is -1.35. The van der Waals surface area contributed by atoms with Crippen molar-refractivity contribution >= 4 is 56.6 Å². The van der Waals surface area contributed by atoms with Gasteiger partial charge in [0.05, 0.1) is 16.4 Å². The smallest absolute Gasteiger partial charge is 0.263 e. The van der Waals surface area contributed by atoms with Crippen LogP contribution in [0.1, 0.15) is 5.56 Å². The minimum absolute atomic E-state index is 0.234. The van der Waals surface area contributed by atoms with Crippen LogP contribution in [-0.2, 0) is 14.4 Å². The van der Waals surface area contributed by atoms with Gasteiger partial charge >= 0.3 is 0 Å². The molecule has 2 unspecified atom stereocenters. The molecule has 0 spiro atoms. The molecule has 10 heteroatoms. The fourth-order valence-electron chi connectivity index (χ4n) is 3.26. The Morgan fingerprint density at radius 3 is 2.59 bits per heavy atom. The molecule has 0 saturated carbocycles. The number of carbonyl (C=O) groups excluding carboxylic acids is 3. The van der Waals surface area contributed by atoms with Crippen LogP contribution in [0.5, 0.6) is 0 Å². The van der Waals surface area contributed by atoms with Gasteiger partial charge in [-0.1, -0.05) is 38.8 Å². The van der Waals surface area contributed by atoms with Crippen LogP contribution in [0, 0.1) is 6.92 Å². The highest BCUT2D eigenvalue weighted by Gasteiger charge is 2.55. The van der Waals surface area contributed by atoms with Crippen LogP contribution < -0.4 is 10.2 Å². The first-order valence-electron chi connectivity index (χ1n) is 8.72. The van der Waals surface area contributed by atoms with Gasteiger partial charge in [0.1, 0.15) is 6.54 Å². The predicted octanol–water partition coefficient (Wildman–Crippen LogP) is 3.34. The van der Waals surface area contributed by atoms with Crippen LogP contribution in [0.25, 0.3) is 0 Å². The second-order valence-electron chi connectivity index (χ2n) is 6.71. The second kappa shape index (κ2) is 7.57. The van der Waals surface area contributed by atoms with Crippen LogP contribution in [0.15, 0.2) is 57.3 Å². The number of nitrogens with zero attached hydrogens (tertiary/aromatic N) is 4. The molecule has 2 aliphatic rings. The monoisotopic (exact) mass is 475 g/mol. The fraction of sp³-hybridized carbons (Fsp3) is 0.211. The number of aryl methyl sites for hydroxylation is 1. The van der Waals surface area contributed by atoms with Crippen LogP contribution in [0.2, 0.25) is 5.02 Å². The molecule has 1 saturated heterocycles. The number of carbonyl (C=O) groups is 3. The van der Waals surface area contributed by atoms with Gasteiger partial charge in [-0.05, 0) is 48.9 Å². The van der Waals surface area contributed by atoms with E-state index in [-0.39, 0.29) is 6.54 Å². The molecule has 2 heterocycles. The number of anilines is 2. The van der Waals surface area contributed by atoms with Crippen molar-refractivity contribution in [2.75, 3.05) is 16.8 Å². The maximum absolute atomic E-state index is 12.9. The zero-order valence-corrected chi connectivity index (χ0v) is 17.5. The Hall–Kier alpha value is -2.78. The molecule has 0 aliphatic carbocycles. The van der Waals surface area contributed by atoms with Crippen LogP contribution in [0.4, 0.5) is 11.4 Å². The van der Waals surface area contributed by atoms with Gasteiger partial charge in [-0.3, -0.25) is 19.4 Å². The Morgan fingerprint density at radius 2 is 1.90 bits per heavy atom. The maximum Gasteiger partial charge on any atom is 0.263 e. The minimum atomic E-state index is -0.957. The van der Waals surface area contributed by atoms with Gasteiger partial charge in [0, 0.05) is 4.47 Å². The Morgan fingerprint density at radius 1 is 1.17 bits per heavy atom. The number of amides is 3. The van der Waals surface area contributed by atoms with E-state index in [1.165, 1.54) is 5.01 Å². The van der Waals surface area contributed by atoms with Gasteiger partial charge in [0.25, 0.3) is 11.8 Å². The quantitative estimate of drug-likeness (QED) is 0.685. The SMILES string of the molecule is Cc1ccc(NC(=O)CN2N=NC3C(=O)N(c4ccc(Br)cc4)C(=O)C32)c(Cl)c1. The van der Waals surface area contributed by atoms with Crippen LogP contribution in [0.3, 0.4) is 0 Å². The Kier molecular flexibility index (Phi) is 5.10. The summed E-state index contributed by atoms with van der Waals surface area (Å²) >= 11 is 9.46. The number of halogens is 2. The van der Waals surface area contributed by atoms with Gasteiger partial charge in [0.2, 0.25) is 5.91 Å². The number of fused-ring (bicyclic) bond motifs is 1. The molecule has 0 aromatic heterocycles. The van der Waals surface area contributed by atoms with Crippen LogP contribution >= 0.6 is 27.5 Å². The van der Waals surface area contributed by atoms with Crippen LogP contribution in [-0.4, -0.2) is 41.4 Å². The van der Waals surface area contributed by atoms with Gasteiger partial charge in [0.15, 0.2) is 12.1 Å². The molecule has 148 valence electrons. The third-order valence-electron chi connectivity index (χ3n) is 4.65. The summed E-state index contributed by atoms with van der Waals surface area (Å²) in [5.41, 5.74) is 1.87. The van der Waals surface area contributed by atoms with E-state index in [2.05, 4.69) is 31.6 Å². The fourth-order valence-corrected chi connectivity index (χ4v) is 3.80. The lowest BCUT2D eigenvalue weighted by atomic mass is 10.1. The first kappa shape index (κ1) is 19.5. The van der Waals surface area contributed by atoms with Gasteiger partial charge in [-0.2, -0.15) is 5.11 Å². The summed E-state index contributed by atoms with van der Waals surface area (Å²) in [4.78, 5) is 39.1. The van der Waals surface area contributed by atoms with E-state index in [4.69, 9.17) is 11.6 Å². The number of hydrogen-bond acceptors (Lipinski definition) is 6. The number of imide groups is 1. The summed E-state index contributed by atoms with van der Waals surface area (Å²) in [5, 5.41) is 12.1. The molecule has 0 radical (unpaired) electrons. The Labute approximate surface area is 179 Å². The average Bonchev–Trinajstić information content (AvgIpc) is 3.19. The number of hydrogen-bond donors (Lipinski definition) is 1. The number of benzene rings is 2. The lowest BCUT2D eigenvalue weighted by Crippen LogP contribution is -2.43. The number of nitrogens with one attached hydrogen (secondary N) is 1. The summed E-state index contributed by atoms with van der Waals surface area (Å²) in [6, 6.07) is 10.2. The highest BCUT2D eigenvalue weighted by molar-refractivity contribution is 9.10. The predicted molar refractivity (Wildman–Crippen MR) is 111 cm³/mol. The first-order chi connectivity index (χ1) is 13.8. The topological polar surface area (TPSA) is 94.4 Å². The third kappa shape index (κ3) is 3.63. The van der Waals surface area contributed by atoms with E-state index in [0.717, 1.165) is 14.9 Å². The van der Waals surface area contributed by atoms with Gasteiger partial charge < -0.3 is 5.32 Å². The molecule has 1 fully saturated rings. The molecule has 1 N–H and O–H groups in total. The summed E-state index contributed by atoms with van der Waals surface area (Å²) in [7, 11) is 0. The molecule has 3 amide bonds. The van der Waals surface area contributed by atoms with Crippen molar-refractivity contribution in [2.45, 2.75) is 19.0 Å². The van der Waals surface area contributed by atoms with Crippen molar-refractivity contribution in [3.05, 3.63) is 57.5 Å². The lowest BCUT2D eigenvalue weighted by molar-refractivity contribution is -0.123. The number of rotatable bonds is 4. The lowest BCUT2D eigenvalue weighted by Gasteiger charge is -2.20. The molecule has 2 atom stereocenters. The van der Waals surface area contributed by atoms with Crippen molar-refractivity contribution in [1.29, 1.82) is 0 Å². The van der Waals surface area contributed by atoms with Gasteiger partial charge in [-0.25, -0.2) is 4.90 Å². The van der Waals surface area contributed by atoms with E-state index in [9.17, 15) is 14.4 Å². The molecule has 2 aliphatic heterocycles. The van der Waals surface area contributed by atoms with E-state index >= 15 is 0 Å². The molecular formula is C19H15BrClN5O3. The minimum Gasteiger partial charge on any atom is -0.323 e. The molecule has 2 aromatic carbocycles. The van der Waals surface area contributed by atoms with Crippen molar-refractivity contribution in [3.8, 4) is 0 Å². The van der Waals surface area contributed by atoms with Gasteiger partial charge in [-0.15, -0.1) is 0 Å². The average molecular weight is 477 g/mol. The molecule has 0 bridgehead atoms.